The maximum absolute atomic E-state index is 9.31. The summed E-state index contributed by atoms with van der Waals surface area (Å²) in [6, 6.07) is 8.21. The van der Waals surface area contributed by atoms with Gasteiger partial charge in [-0.2, -0.15) is 0 Å². The van der Waals surface area contributed by atoms with Crippen LogP contribution in [0.2, 0.25) is 0 Å². The fraction of sp³-hybridized carbons (Fsp3) is 0.467. The Labute approximate surface area is 119 Å². The van der Waals surface area contributed by atoms with Crippen molar-refractivity contribution in [2.75, 3.05) is 0 Å². The quantitative estimate of drug-likeness (QED) is 0.880. The van der Waals surface area contributed by atoms with E-state index in [1.165, 1.54) is 5.56 Å². The monoisotopic (exact) mass is 275 g/mol. The van der Waals surface area contributed by atoms with Gasteiger partial charge in [0.1, 0.15) is 23.7 Å². The first-order valence-electron chi connectivity index (χ1n) is 6.91. The van der Waals surface area contributed by atoms with E-state index in [9.17, 15) is 5.11 Å². The van der Waals surface area contributed by atoms with Crippen molar-refractivity contribution in [1.82, 2.24) is 15.0 Å². The van der Waals surface area contributed by atoms with Crippen LogP contribution in [-0.2, 0) is 19.6 Å². The highest BCUT2D eigenvalue weighted by molar-refractivity contribution is 5.27. The van der Waals surface area contributed by atoms with Gasteiger partial charge in [0.05, 0.1) is 6.61 Å². The Balaban J connectivity index is 2.11. The molecule has 0 aliphatic rings. The number of ether oxygens (including phenoxy) is 1. The number of benzene rings is 1. The van der Waals surface area contributed by atoms with Crippen LogP contribution in [0.5, 0.6) is 5.75 Å². The molecule has 0 bridgehead atoms. The van der Waals surface area contributed by atoms with Crippen molar-refractivity contribution in [3.63, 3.8) is 0 Å². The fourth-order valence-corrected chi connectivity index (χ4v) is 2.01. The van der Waals surface area contributed by atoms with E-state index in [2.05, 4.69) is 29.4 Å². The summed E-state index contributed by atoms with van der Waals surface area (Å²) in [5.41, 5.74) is 2.67. The van der Waals surface area contributed by atoms with Crippen LogP contribution in [0.1, 0.15) is 43.8 Å². The third-order valence-electron chi connectivity index (χ3n) is 3.22. The maximum Gasteiger partial charge on any atom is 0.132 e. The third kappa shape index (κ3) is 3.17. The summed E-state index contributed by atoms with van der Waals surface area (Å²) in [6.45, 7) is 6.40. The summed E-state index contributed by atoms with van der Waals surface area (Å²) in [5.74, 6) is 0.808. The van der Waals surface area contributed by atoms with E-state index in [0.717, 1.165) is 17.9 Å². The highest BCUT2D eigenvalue weighted by Crippen LogP contribution is 2.17. The van der Waals surface area contributed by atoms with Crippen LogP contribution in [0.25, 0.3) is 0 Å². The first-order chi connectivity index (χ1) is 9.65. The Morgan fingerprint density at radius 2 is 1.95 bits per heavy atom. The Morgan fingerprint density at radius 3 is 2.50 bits per heavy atom. The molecule has 0 aliphatic carbocycles. The lowest BCUT2D eigenvalue weighted by Crippen LogP contribution is -2.11. The molecule has 1 N–H and O–H groups in total. The smallest absolute Gasteiger partial charge is 0.132 e. The molecule has 0 aliphatic heterocycles. The molecule has 1 aromatic carbocycles. The van der Waals surface area contributed by atoms with Crippen molar-refractivity contribution < 1.29 is 9.84 Å². The largest absolute Gasteiger partial charge is 0.487 e. The number of rotatable bonds is 6. The summed E-state index contributed by atoms with van der Waals surface area (Å²) in [7, 11) is 0. The van der Waals surface area contributed by atoms with E-state index >= 15 is 0 Å². The molecule has 0 spiro atoms. The van der Waals surface area contributed by atoms with Gasteiger partial charge in [-0.15, -0.1) is 5.10 Å². The molecule has 1 heterocycles. The molecule has 1 aromatic heterocycles. The van der Waals surface area contributed by atoms with Crippen LogP contribution in [0, 0.1) is 0 Å². The van der Waals surface area contributed by atoms with Crippen LogP contribution in [0.15, 0.2) is 24.3 Å². The Morgan fingerprint density at radius 1 is 1.25 bits per heavy atom. The first-order valence-corrected chi connectivity index (χ1v) is 6.91. The van der Waals surface area contributed by atoms with Crippen LogP contribution >= 0.6 is 0 Å². The number of aliphatic hydroxyl groups excluding tert-OH is 1. The molecule has 0 unspecified atom stereocenters. The number of aliphatic hydroxyl groups is 1. The number of hydrogen-bond donors (Lipinski definition) is 1. The summed E-state index contributed by atoms with van der Waals surface area (Å²) < 4.78 is 7.55. The molecule has 5 heteroatoms. The van der Waals surface area contributed by atoms with Crippen molar-refractivity contribution in [2.24, 2.45) is 0 Å². The topological polar surface area (TPSA) is 60.2 Å². The second kappa shape index (κ2) is 6.52. The molecule has 2 aromatic rings. The van der Waals surface area contributed by atoms with Crippen molar-refractivity contribution in [3.8, 4) is 5.75 Å². The van der Waals surface area contributed by atoms with E-state index in [4.69, 9.17) is 4.74 Å². The molecule has 0 fully saturated rings. The summed E-state index contributed by atoms with van der Waals surface area (Å²) in [6.07, 6.45) is 1.01. The van der Waals surface area contributed by atoms with Crippen LogP contribution in [0.3, 0.4) is 0 Å². The highest BCUT2D eigenvalue weighted by Gasteiger charge is 2.14. The van der Waals surface area contributed by atoms with Gasteiger partial charge in [0.2, 0.25) is 0 Å². The number of aromatic nitrogens is 3. The normalized spacial score (nSPS) is 11.1. The van der Waals surface area contributed by atoms with E-state index in [-0.39, 0.29) is 12.6 Å². The lowest BCUT2D eigenvalue weighted by molar-refractivity contribution is 0.260. The number of hydrogen-bond acceptors (Lipinski definition) is 4. The SMILES string of the molecule is CCc1ccc(OCc2c(CO)nnn2C(C)C)cc1. The summed E-state index contributed by atoms with van der Waals surface area (Å²) in [5, 5.41) is 17.3. The highest BCUT2D eigenvalue weighted by atomic mass is 16.5. The second-order valence-electron chi connectivity index (χ2n) is 4.97. The van der Waals surface area contributed by atoms with Gasteiger partial charge in [-0.3, -0.25) is 0 Å². The first kappa shape index (κ1) is 14.5. The zero-order valence-electron chi connectivity index (χ0n) is 12.2. The van der Waals surface area contributed by atoms with E-state index in [1.807, 2.05) is 26.0 Å². The summed E-state index contributed by atoms with van der Waals surface area (Å²) >= 11 is 0. The minimum atomic E-state index is -0.125. The Hall–Kier alpha value is -1.88. The zero-order valence-corrected chi connectivity index (χ0v) is 12.2. The predicted octanol–water partition coefficient (Wildman–Crippen LogP) is 2.49. The molecule has 0 saturated carbocycles. The van der Waals surface area contributed by atoms with Gasteiger partial charge in [-0.1, -0.05) is 24.3 Å². The molecule has 2 rings (SSSR count). The predicted molar refractivity (Wildman–Crippen MR) is 76.5 cm³/mol. The minimum absolute atomic E-state index is 0.125. The average molecular weight is 275 g/mol. The molecule has 0 atom stereocenters. The molecular formula is C15H21N3O2. The van der Waals surface area contributed by atoms with E-state index < -0.39 is 0 Å². The Kier molecular flexibility index (Phi) is 4.74. The fourth-order valence-electron chi connectivity index (χ4n) is 2.01. The Bertz CT molecular complexity index is 547. The van der Waals surface area contributed by atoms with Gasteiger partial charge in [0.15, 0.2) is 0 Å². The van der Waals surface area contributed by atoms with Crippen molar-refractivity contribution in [1.29, 1.82) is 0 Å². The van der Waals surface area contributed by atoms with Crippen LogP contribution < -0.4 is 4.74 Å². The van der Waals surface area contributed by atoms with E-state index in [1.54, 1.807) is 4.68 Å². The molecule has 0 saturated heterocycles. The molecule has 0 amide bonds. The second-order valence-corrected chi connectivity index (χ2v) is 4.97. The average Bonchev–Trinajstić information content (AvgIpc) is 2.88. The van der Waals surface area contributed by atoms with Gasteiger partial charge in [-0.05, 0) is 38.0 Å². The van der Waals surface area contributed by atoms with Crippen LogP contribution in [0.4, 0.5) is 0 Å². The number of aryl methyl sites for hydroxylation is 1. The molecule has 5 nitrogen and oxygen atoms in total. The molecule has 0 radical (unpaired) electrons. The third-order valence-corrected chi connectivity index (χ3v) is 3.22. The van der Waals surface area contributed by atoms with Crippen molar-refractivity contribution >= 4 is 0 Å². The van der Waals surface area contributed by atoms with Gasteiger partial charge in [-0.25, -0.2) is 4.68 Å². The lowest BCUT2D eigenvalue weighted by Gasteiger charge is -2.12. The summed E-state index contributed by atoms with van der Waals surface area (Å²) in [4.78, 5) is 0. The van der Waals surface area contributed by atoms with Gasteiger partial charge in [0, 0.05) is 6.04 Å². The lowest BCUT2D eigenvalue weighted by atomic mass is 10.2. The van der Waals surface area contributed by atoms with Gasteiger partial charge in [0.25, 0.3) is 0 Å². The minimum Gasteiger partial charge on any atom is -0.487 e. The van der Waals surface area contributed by atoms with Gasteiger partial charge < -0.3 is 9.84 Å². The molecular weight excluding hydrogens is 254 g/mol. The molecule has 20 heavy (non-hydrogen) atoms. The van der Waals surface area contributed by atoms with E-state index in [0.29, 0.717) is 12.3 Å². The maximum atomic E-state index is 9.31. The van der Waals surface area contributed by atoms with Crippen molar-refractivity contribution in [3.05, 3.63) is 41.2 Å². The number of nitrogens with zero attached hydrogens (tertiary/aromatic N) is 3. The molecule has 108 valence electrons. The van der Waals surface area contributed by atoms with Crippen LogP contribution in [-0.4, -0.2) is 20.1 Å². The van der Waals surface area contributed by atoms with Crippen molar-refractivity contribution in [2.45, 2.75) is 46.4 Å². The zero-order chi connectivity index (χ0) is 14.5. The standard InChI is InChI=1S/C15H21N3O2/c1-4-12-5-7-13(8-6-12)20-10-15-14(9-19)16-17-18(15)11(2)3/h5-8,11,19H,4,9-10H2,1-3H3. The van der Waals surface area contributed by atoms with Gasteiger partial charge >= 0.3 is 0 Å².